The lowest BCUT2D eigenvalue weighted by Gasteiger charge is -2.32. The molecular weight excluding hydrogens is 276 g/mol. The third-order valence-corrected chi connectivity index (χ3v) is 3.94. The Kier molecular flexibility index (Phi) is 4.07. The fraction of sp³-hybridized carbons (Fsp3) is 0.471. The number of ether oxygens (including phenoxy) is 1. The maximum atomic E-state index is 5.87. The van der Waals surface area contributed by atoms with Crippen LogP contribution >= 0.6 is 0 Å². The molecule has 2 heterocycles. The number of fused-ring (bicyclic) bond motifs is 3. The fourth-order valence-corrected chi connectivity index (χ4v) is 3.00. The van der Waals surface area contributed by atoms with Crippen LogP contribution < -0.4 is 15.0 Å². The van der Waals surface area contributed by atoms with E-state index in [1.165, 1.54) is 22.5 Å². The van der Waals surface area contributed by atoms with E-state index in [-0.39, 0.29) is 6.10 Å². The number of hydrogen-bond donors (Lipinski definition) is 1. The predicted molar refractivity (Wildman–Crippen MR) is 89.4 cm³/mol. The van der Waals surface area contributed by atoms with E-state index in [2.05, 4.69) is 47.4 Å². The van der Waals surface area contributed by atoms with Gasteiger partial charge in [0, 0.05) is 43.9 Å². The molecule has 22 heavy (non-hydrogen) atoms. The summed E-state index contributed by atoms with van der Waals surface area (Å²) in [7, 11) is 3.99. The van der Waals surface area contributed by atoms with Crippen LogP contribution in [0.25, 0.3) is 11.3 Å². The number of benzene rings is 1. The highest BCUT2D eigenvalue weighted by Gasteiger charge is 2.25. The first-order valence-corrected chi connectivity index (χ1v) is 7.81. The van der Waals surface area contributed by atoms with E-state index < -0.39 is 0 Å². The lowest BCUT2D eigenvalue weighted by Crippen LogP contribution is -2.32. The average Bonchev–Trinajstić information content (AvgIpc) is 2.85. The molecule has 5 nitrogen and oxygen atoms in total. The Morgan fingerprint density at radius 3 is 2.91 bits per heavy atom. The molecule has 118 valence electrons. The van der Waals surface area contributed by atoms with Gasteiger partial charge in [0.25, 0.3) is 0 Å². The second-order valence-corrected chi connectivity index (χ2v) is 6.01. The molecule has 0 amide bonds. The third-order valence-electron chi connectivity index (χ3n) is 3.94. The first-order valence-electron chi connectivity index (χ1n) is 7.81. The SMILES string of the molecule is CNCCN1Cc2cnn(C)c2-c2ccc(OC(C)C)cc21. The molecular formula is C17H24N4O. The van der Waals surface area contributed by atoms with E-state index in [0.29, 0.717) is 0 Å². The topological polar surface area (TPSA) is 42.3 Å². The van der Waals surface area contributed by atoms with E-state index in [9.17, 15) is 0 Å². The summed E-state index contributed by atoms with van der Waals surface area (Å²) < 4.78 is 7.83. The zero-order chi connectivity index (χ0) is 15.7. The molecule has 1 aliphatic rings. The maximum Gasteiger partial charge on any atom is 0.121 e. The molecule has 0 bridgehead atoms. The largest absolute Gasteiger partial charge is 0.491 e. The van der Waals surface area contributed by atoms with Crippen LogP contribution in [0.3, 0.4) is 0 Å². The van der Waals surface area contributed by atoms with Crippen LogP contribution in [0.4, 0.5) is 5.69 Å². The minimum Gasteiger partial charge on any atom is -0.491 e. The van der Waals surface area contributed by atoms with Crippen molar-refractivity contribution < 1.29 is 4.74 Å². The normalized spacial score (nSPS) is 13.2. The number of likely N-dealkylation sites (N-methyl/N-ethyl adjacent to an activating group) is 1. The van der Waals surface area contributed by atoms with Gasteiger partial charge in [-0.25, -0.2) is 0 Å². The van der Waals surface area contributed by atoms with E-state index in [1.54, 1.807) is 0 Å². The van der Waals surface area contributed by atoms with E-state index in [1.807, 2.05) is 25.0 Å². The second-order valence-electron chi connectivity index (χ2n) is 6.01. The molecule has 0 spiro atoms. The number of aromatic nitrogens is 2. The Morgan fingerprint density at radius 1 is 1.36 bits per heavy atom. The van der Waals surface area contributed by atoms with Gasteiger partial charge < -0.3 is 15.0 Å². The molecule has 1 aliphatic heterocycles. The Morgan fingerprint density at radius 2 is 2.18 bits per heavy atom. The summed E-state index contributed by atoms with van der Waals surface area (Å²) in [6, 6.07) is 6.36. The van der Waals surface area contributed by atoms with Gasteiger partial charge in [0.05, 0.1) is 23.7 Å². The lowest BCUT2D eigenvalue weighted by molar-refractivity contribution is 0.242. The smallest absolute Gasteiger partial charge is 0.121 e. The Hall–Kier alpha value is -2.01. The van der Waals surface area contributed by atoms with Gasteiger partial charge in [0.2, 0.25) is 0 Å². The van der Waals surface area contributed by atoms with Crippen molar-refractivity contribution in [2.45, 2.75) is 26.5 Å². The van der Waals surface area contributed by atoms with Gasteiger partial charge >= 0.3 is 0 Å². The molecule has 0 radical (unpaired) electrons. The average molecular weight is 300 g/mol. The fourth-order valence-electron chi connectivity index (χ4n) is 3.00. The van der Waals surface area contributed by atoms with Gasteiger partial charge in [0.1, 0.15) is 5.75 Å². The van der Waals surface area contributed by atoms with Gasteiger partial charge in [-0.3, -0.25) is 4.68 Å². The number of nitrogens with zero attached hydrogens (tertiary/aromatic N) is 3. The van der Waals surface area contributed by atoms with Crippen LogP contribution in [0.2, 0.25) is 0 Å². The van der Waals surface area contributed by atoms with Crippen molar-refractivity contribution in [1.82, 2.24) is 15.1 Å². The van der Waals surface area contributed by atoms with Crippen LogP contribution in [0, 0.1) is 0 Å². The maximum absolute atomic E-state index is 5.87. The summed E-state index contributed by atoms with van der Waals surface area (Å²) in [5.41, 5.74) is 4.95. The zero-order valence-electron chi connectivity index (χ0n) is 13.8. The Balaban J connectivity index is 2.03. The van der Waals surface area contributed by atoms with E-state index >= 15 is 0 Å². The predicted octanol–water partition coefficient (Wildman–Crippen LogP) is 2.41. The van der Waals surface area contributed by atoms with Crippen LogP contribution in [-0.2, 0) is 13.6 Å². The molecule has 3 rings (SSSR count). The molecule has 0 saturated heterocycles. The highest BCUT2D eigenvalue weighted by Crippen LogP contribution is 2.40. The van der Waals surface area contributed by atoms with Gasteiger partial charge in [-0.05, 0) is 33.0 Å². The van der Waals surface area contributed by atoms with Crippen LogP contribution in [0.1, 0.15) is 19.4 Å². The number of hydrogen-bond acceptors (Lipinski definition) is 4. The number of anilines is 1. The van der Waals surface area contributed by atoms with Crippen molar-refractivity contribution in [1.29, 1.82) is 0 Å². The molecule has 0 atom stereocenters. The summed E-state index contributed by atoms with van der Waals surface area (Å²) in [6.07, 6.45) is 2.16. The second kappa shape index (κ2) is 6.01. The quantitative estimate of drug-likeness (QED) is 0.921. The van der Waals surface area contributed by atoms with Gasteiger partial charge in [-0.1, -0.05) is 0 Å². The Labute approximate surface area is 131 Å². The number of aryl methyl sites for hydroxylation is 1. The Bertz CT molecular complexity index is 663. The number of rotatable bonds is 5. The molecule has 0 fully saturated rings. The van der Waals surface area contributed by atoms with E-state index in [4.69, 9.17) is 4.74 Å². The van der Waals surface area contributed by atoms with Crippen LogP contribution in [-0.4, -0.2) is 36.0 Å². The summed E-state index contributed by atoms with van der Waals surface area (Å²) in [5.74, 6) is 0.925. The molecule has 0 unspecified atom stereocenters. The first kappa shape index (κ1) is 14.9. The molecule has 1 aromatic heterocycles. The van der Waals surface area contributed by atoms with Crippen molar-refractivity contribution in [3.63, 3.8) is 0 Å². The third kappa shape index (κ3) is 2.68. The standard InChI is InChI=1S/C17H24N4O/c1-12(2)22-14-5-6-15-16(9-14)21(8-7-18-3)11-13-10-19-20(4)17(13)15/h5-6,9-10,12,18H,7-8,11H2,1-4H3. The van der Waals surface area contributed by atoms with Crippen molar-refractivity contribution in [2.75, 3.05) is 25.0 Å². The minimum atomic E-state index is 0.180. The highest BCUT2D eigenvalue weighted by atomic mass is 16.5. The molecule has 1 aromatic carbocycles. The molecule has 1 N–H and O–H groups in total. The van der Waals surface area contributed by atoms with Crippen LogP contribution in [0.15, 0.2) is 24.4 Å². The monoisotopic (exact) mass is 300 g/mol. The highest BCUT2D eigenvalue weighted by molar-refractivity contribution is 5.82. The summed E-state index contributed by atoms with van der Waals surface area (Å²) >= 11 is 0. The van der Waals surface area contributed by atoms with Crippen molar-refractivity contribution in [3.8, 4) is 17.0 Å². The summed E-state index contributed by atoms with van der Waals surface area (Å²) in [5, 5.41) is 7.65. The first-order chi connectivity index (χ1) is 10.6. The van der Waals surface area contributed by atoms with Crippen molar-refractivity contribution in [3.05, 3.63) is 30.0 Å². The zero-order valence-corrected chi connectivity index (χ0v) is 13.8. The lowest BCUT2D eigenvalue weighted by atomic mass is 9.99. The molecule has 5 heteroatoms. The van der Waals surface area contributed by atoms with Crippen molar-refractivity contribution in [2.24, 2.45) is 7.05 Å². The van der Waals surface area contributed by atoms with E-state index in [0.717, 1.165) is 25.4 Å². The molecule has 0 aliphatic carbocycles. The summed E-state index contributed by atoms with van der Waals surface area (Å²) in [4.78, 5) is 2.39. The minimum absolute atomic E-state index is 0.180. The van der Waals surface area contributed by atoms with Gasteiger partial charge in [0.15, 0.2) is 0 Å². The van der Waals surface area contributed by atoms with Crippen molar-refractivity contribution >= 4 is 5.69 Å². The molecule has 0 saturated carbocycles. The van der Waals surface area contributed by atoms with Gasteiger partial charge in [-0.15, -0.1) is 0 Å². The number of nitrogens with one attached hydrogen (secondary N) is 1. The van der Waals surface area contributed by atoms with Crippen LogP contribution in [0.5, 0.6) is 5.75 Å². The van der Waals surface area contributed by atoms with Gasteiger partial charge in [-0.2, -0.15) is 5.10 Å². The molecule has 2 aromatic rings. The summed E-state index contributed by atoms with van der Waals surface area (Å²) in [6.45, 7) is 6.91.